The number of benzene rings is 1. The largest absolute Gasteiger partial charge is 0.478 e. The van der Waals surface area contributed by atoms with Gasteiger partial charge >= 0.3 is 5.97 Å². The highest BCUT2D eigenvalue weighted by atomic mass is 16.4. The van der Waals surface area contributed by atoms with E-state index >= 15 is 0 Å². The van der Waals surface area contributed by atoms with E-state index in [-0.39, 0.29) is 11.3 Å². The average molecular weight is 281 g/mol. The maximum atomic E-state index is 12.2. The Morgan fingerprint density at radius 3 is 2.71 bits per heavy atom. The highest BCUT2D eigenvalue weighted by Gasteiger charge is 2.18. The number of hydrogen-bond donors (Lipinski definition) is 2. The van der Waals surface area contributed by atoms with Gasteiger partial charge in [-0.1, -0.05) is 12.1 Å². The number of hydrogen-bond acceptors (Lipinski definition) is 4. The van der Waals surface area contributed by atoms with Gasteiger partial charge in [0, 0.05) is 6.20 Å². The summed E-state index contributed by atoms with van der Waals surface area (Å²) in [4.78, 5) is 27.1. The Kier molecular flexibility index (Phi) is 3.95. The van der Waals surface area contributed by atoms with E-state index in [9.17, 15) is 9.59 Å². The lowest BCUT2D eigenvalue weighted by Crippen LogP contribution is -2.18. The first-order valence-corrected chi connectivity index (χ1v) is 6.04. The van der Waals surface area contributed by atoms with Crippen molar-refractivity contribution in [1.82, 2.24) is 4.98 Å². The molecule has 0 atom stereocenters. The Morgan fingerprint density at radius 2 is 2.05 bits per heavy atom. The minimum Gasteiger partial charge on any atom is -0.478 e. The third-order valence-electron chi connectivity index (χ3n) is 2.89. The minimum atomic E-state index is -1.24. The van der Waals surface area contributed by atoms with Crippen LogP contribution in [-0.2, 0) is 0 Å². The third-order valence-corrected chi connectivity index (χ3v) is 2.89. The topological polar surface area (TPSA) is 103 Å². The Hall–Kier alpha value is -3.20. The number of amides is 1. The first kappa shape index (κ1) is 14.2. The van der Waals surface area contributed by atoms with Crippen LogP contribution in [0.4, 0.5) is 5.69 Å². The second-order valence-corrected chi connectivity index (χ2v) is 4.27. The standard InChI is InChI=1S/C15H11N3O3/c1-9-4-2-6-12(11(9)8-16)18-14(19)13-10(15(20)21)5-3-7-17-13/h2-7H,1H3,(H,18,19)(H,20,21). The van der Waals surface area contributed by atoms with E-state index in [0.717, 1.165) is 5.56 Å². The number of nitriles is 1. The number of nitrogens with zero attached hydrogens (tertiary/aromatic N) is 2. The van der Waals surface area contributed by atoms with Crippen LogP contribution in [0.5, 0.6) is 0 Å². The summed E-state index contributed by atoms with van der Waals surface area (Å²) >= 11 is 0. The fourth-order valence-corrected chi connectivity index (χ4v) is 1.86. The molecule has 0 bridgehead atoms. The van der Waals surface area contributed by atoms with Gasteiger partial charge in [-0.3, -0.25) is 9.78 Å². The van der Waals surface area contributed by atoms with Crippen LogP contribution in [0.15, 0.2) is 36.5 Å². The minimum absolute atomic E-state index is 0.193. The van der Waals surface area contributed by atoms with Gasteiger partial charge < -0.3 is 10.4 Å². The van der Waals surface area contributed by atoms with E-state index < -0.39 is 11.9 Å². The zero-order valence-corrected chi connectivity index (χ0v) is 11.1. The number of aryl methyl sites for hydroxylation is 1. The van der Waals surface area contributed by atoms with Crippen LogP contribution in [-0.4, -0.2) is 22.0 Å². The second-order valence-electron chi connectivity index (χ2n) is 4.27. The Bertz CT molecular complexity index is 763. The van der Waals surface area contributed by atoms with Crippen LogP contribution in [0.3, 0.4) is 0 Å². The molecule has 6 nitrogen and oxygen atoms in total. The summed E-state index contributed by atoms with van der Waals surface area (Å²) in [5.74, 6) is -1.91. The molecule has 1 aromatic carbocycles. The molecule has 2 rings (SSSR count). The molecule has 0 radical (unpaired) electrons. The summed E-state index contributed by atoms with van der Waals surface area (Å²) in [5, 5.41) is 20.7. The quantitative estimate of drug-likeness (QED) is 0.897. The number of rotatable bonds is 3. The molecule has 0 aliphatic heterocycles. The predicted molar refractivity (Wildman–Crippen MR) is 75.0 cm³/mol. The van der Waals surface area contributed by atoms with E-state index in [1.54, 1.807) is 25.1 Å². The molecule has 0 saturated heterocycles. The number of carbonyl (C=O) groups excluding carboxylic acids is 1. The molecule has 0 spiro atoms. The van der Waals surface area contributed by atoms with Crippen molar-refractivity contribution < 1.29 is 14.7 Å². The molecule has 0 aliphatic rings. The van der Waals surface area contributed by atoms with Gasteiger partial charge in [0.25, 0.3) is 5.91 Å². The fraction of sp³-hybridized carbons (Fsp3) is 0.0667. The molecule has 104 valence electrons. The highest BCUT2D eigenvalue weighted by molar-refractivity contribution is 6.09. The van der Waals surface area contributed by atoms with Gasteiger partial charge in [0.05, 0.1) is 16.8 Å². The van der Waals surface area contributed by atoms with E-state index in [1.807, 2.05) is 6.07 Å². The van der Waals surface area contributed by atoms with Crippen molar-refractivity contribution in [2.75, 3.05) is 5.32 Å². The lowest BCUT2D eigenvalue weighted by atomic mass is 10.1. The Balaban J connectivity index is 2.38. The van der Waals surface area contributed by atoms with Crippen molar-refractivity contribution in [3.8, 4) is 6.07 Å². The molecule has 0 saturated carbocycles. The number of carboxylic acids is 1. The highest BCUT2D eigenvalue weighted by Crippen LogP contribution is 2.19. The van der Waals surface area contributed by atoms with Crippen LogP contribution >= 0.6 is 0 Å². The maximum Gasteiger partial charge on any atom is 0.338 e. The fourth-order valence-electron chi connectivity index (χ4n) is 1.86. The summed E-state index contributed by atoms with van der Waals surface area (Å²) in [6, 6.07) is 9.76. The Labute approximate surface area is 120 Å². The van der Waals surface area contributed by atoms with Crippen molar-refractivity contribution in [3.05, 3.63) is 58.9 Å². The number of carbonyl (C=O) groups is 2. The van der Waals surface area contributed by atoms with Gasteiger partial charge in [-0.05, 0) is 30.7 Å². The summed E-state index contributed by atoms with van der Waals surface area (Å²) in [6.45, 7) is 1.75. The van der Waals surface area contributed by atoms with E-state index in [4.69, 9.17) is 10.4 Å². The number of nitrogens with one attached hydrogen (secondary N) is 1. The van der Waals surface area contributed by atoms with Gasteiger partial charge in [-0.25, -0.2) is 4.79 Å². The maximum absolute atomic E-state index is 12.2. The molecule has 2 N–H and O–H groups in total. The zero-order valence-electron chi connectivity index (χ0n) is 11.1. The van der Waals surface area contributed by atoms with E-state index in [2.05, 4.69) is 10.3 Å². The van der Waals surface area contributed by atoms with Crippen LogP contribution in [0.2, 0.25) is 0 Å². The van der Waals surface area contributed by atoms with Crippen molar-refractivity contribution in [3.63, 3.8) is 0 Å². The normalized spacial score (nSPS) is 9.71. The number of carboxylic acid groups (broad SMARTS) is 1. The number of aromatic nitrogens is 1. The summed E-state index contributed by atoms with van der Waals surface area (Å²) < 4.78 is 0. The van der Waals surface area contributed by atoms with Crippen molar-refractivity contribution in [2.45, 2.75) is 6.92 Å². The average Bonchev–Trinajstić information content (AvgIpc) is 2.47. The zero-order chi connectivity index (χ0) is 15.4. The summed E-state index contributed by atoms with van der Waals surface area (Å²) in [7, 11) is 0. The molecule has 0 aliphatic carbocycles. The third kappa shape index (κ3) is 2.87. The second kappa shape index (κ2) is 5.84. The molecule has 1 heterocycles. The van der Waals surface area contributed by atoms with Crippen LogP contribution < -0.4 is 5.32 Å². The predicted octanol–water partition coefficient (Wildman–Crippen LogP) is 2.21. The van der Waals surface area contributed by atoms with Gasteiger partial charge in [0.1, 0.15) is 11.8 Å². The summed E-state index contributed by atoms with van der Waals surface area (Å²) in [6.07, 6.45) is 1.34. The van der Waals surface area contributed by atoms with Crippen LogP contribution in [0.25, 0.3) is 0 Å². The first-order valence-electron chi connectivity index (χ1n) is 6.04. The lowest BCUT2D eigenvalue weighted by molar-refractivity contribution is 0.0691. The molecule has 1 amide bonds. The molecular weight excluding hydrogens is 270 g/mol. The summed E-state index contributed by atoms with van der Waals surface area (Å²) in [5.41, 5.74) is 0.981. The molecule has 21 heavy (non-hydrogen) atoms. The van der Waals surface area contributed by atoms with Crippen LogP contribution in [0.1, 0.15) is 32.0 Å². The SMILES string of the molecule is Cc1cccc(NC(=O)c2ncccc2C(=O)O)c1C#N. The number of aromatic carboxylic acids is 1. The molecule has 6 heteroatoms. The molecule has 0 fully saturated rings. The Morgan fingerprint density at radius 1 is 1.29 bits per heavy atom. The lowest BCUT2D eigenvalue weighted by Gasteiger charge is -2.09. The smallest absolute Gasteiger partial charge is 0.338 e. The molecule has 2 aromatic rings. The molecule has 0 unspecified atom stereocenters. The van der Waals surface area contributed by atoms with Gasteiger partial charge in [-0.15, -0.1) is 0 Å². The van der Waals surface area contributed by atoms with Crippen LogP contribution in [0, 0.1) is 18.3 Å². The van der Waals surface area contributed by atoms with E-state index in [1.165, 1.54) is 18.3 Å². The van der Waals surface area contributed by atoms with E-state index in [0.29, 0.717) is 11.3 Å². The van der Waals surface area contributed by atoms with Crippen molar-refractivity contribution in [2.24, 2.45) is 0 Å². The van der Waals surface area contributed by atoms with Gasteiger partial charge in [-0.2, -0.15) is 5.26 Å². The molecule has 1 aromatic heterocycles. The van der Waals surface area contributed by atoms with Crippen molar-refractivity contribution >= 4 is 17.6 Å². The van der Waals surface area contributed by atoms with Gasteiger partial charge in [0.15, 0.2) is 0 Å². The first-order chi connectivity index (χ1) is 10.0. The molecular formula is C15H11N3O3. The monoisotopic (exact) mass is 281 g/mol. The van der Waals surface area contributed by atoms with Gasteiger partial charge in [0.2, 0.25) is 0 Å². The number of anilines is 1. The van der Waals surface area contributed by atoms with Crippen molar-refractivity contribution in [1.29, 1.82) is 5.26 Å². The number of pyridine rings is 1.